The highest BCUT2D eigenvalue weighted by Gasteiger charge is 2.16. The van der Waals surface area contributed by atoms with Crippen LogP contribution >= 0.6 is 39.1 Å². The van der Waals surface area contributed by atoms with E-state index in [2.05, 4.69) is 25.9 Å². The number of fused-ring (bicyclic) bond motifs is 4. The van der Waals surface area contributed by atoms with E-state index in [0.717, 1.165) is 0 Å². The number of nitriles is 1. The molecule has 6 aromatic rings. The van der Waals surface area contributed by atoms with Crippen LogP contribution in [0.1, 0.15) is 27.6 Å². The van der Waals surface area contributed by atoms with E-state index in [1.807, 2.05) is 0 Å². The molecule has 0 amide bonds. The Morgan fingerprint density at radius 3 is 1.62 bits per heavy atom. The second-order valence-corrected chi connectivity index (χ2v) is 11.4. The molecular formula is C34H23BrCl2N4O6. The summed E-state index contributed by atoms with van der Waals surface area (Å²) < 4.78 is 10.3. The zero-order valence-corrected chi connectivity index (χ0v) is 28.0. The summed E-state index contributed by atoms with van der Waals surface area (Å²) in [5, 5.41) is 10.8. The number of ether oxygens (including phenoxy) is 2. The molecule has 0 saturated carbocycles. The van der Waals surface area contributed by atoms with E-state index in [1.165, 1.54) is 27.3 Å². The first-order valence-electron chi connectivity index (χ1n) is 13.4. The van der Waals surface area contributed by atoms with Gasteiger partial charge in [0.05, 0.1) is 43.3 Å². The molecule has 13 heteroatoms. The summed E-state index contributed by atoms with van der Waals surface area (Å²) in [6, 6.07) is 17.7. The Kier molecular flexibility index (Phi) is 11.1. The van der Waals surface area contributed by atoms with Crippen LogP contribution in [0.5, 0.6) is 0 Å². The minimum absolute atomic E-state index is 0.233. The minimum atomic E-state index is -0.563. The van der Waals surface area contributed by atoms with Gasteiger partial charge in [0.15, 0.2) is 0 Å². The third kappa shape index (κ3) is 7.47. The van der Waals surface area contributed by atoms with Crippen LogP contribution in [0.25, 0.3) is 43.4 Å². The van der Waals surface area contributed by atoms with Gasteiger partial charge in [0, 0.05) is 60.0 Å². The van der Waals surface area contributed by atoms with Gasteiger partial charge in [-0.3, -0.25) is 14.6 Å². The molecule has 10 nitrogen and oxygen atoms in total. The first-order chi connectivity index (χ1) is 22.4. The minimum Gasteiger partial charge on any atom is -0.465 e. The number of benzene rings is 2. The molecule has 2 aromatic heterocycles. The predicted octanol–water partition coefficient (Wildman–Crippen LogP) is 7.25. The highest BCUT2D eigenvalue weighted by atomic mass is 79.9. The number of carbonyl (C=O) groups excluding carboxylic acids is 2. The Morgan fingerprint density at radius 2 is 1.17 bits per heavy atom. The number of pyridine rings is 2. The van der Waals surface area contributed by atoms with Gasteiger partial charge in [-0.2, -0.15) is 5.26 Å². The largest absolute Gasteiger partial charge is 0.465 e. The molecule has 0 aliphatic rings. The van der Waals surface area contributed by atoms with Gasteiger partial charge in [-0.25, -0.2) is 14.6 Å². The Morgan fingerprint density at radius 1 is 0.745 bits per heavy atom. The number of aromatic nitrogens is 2. The lowest BCUT2D eigenvalue weighted by Gasteiger charge is -2.01. The fraction of sp³-hybridized carbons (Fsp3) is 0.0882. The van der Waals surface area contributed by atoms with Crippen LogP contribution in [0.15, 0.2) is 87.1 Å². The molecule has 0 radical (unpaired) electrons. The topological polar surface area (TPSA) is 162 Å². The number of nitrogens with two attached hydrogens (primary N) is 1. The number of nitrogens with zero attached hydrogens (tertiary/aromatic N) is 3. The average molecular weight is 734 g/mol. The van der Waals surface area contributed by atoms with E-state index in [4.69, 9.17) is 43.7 Å². The van der Waals surface area contributed by atoms with Gasteiger partial charge in [0.2, 0.25) is 10.9 Å². The van der Waals surface area contributed by atoms with Crippen LogP contribution in [-0.2, 0) is 9.47 Å². The molecule has 0 saturated heterocycles. The maximum atomic E-state index is 12.7. The molecule has 0 fully saturated rings. The number of hydrogen-bond acceptors (Lipinski definition) is 10. The highest BCUT2D eigenvalue weighted by Crippen LogP contribution is 2.26. The molecule has 0 unspecified atom stereocenters. The van der Waals surface area contributed by atoms with E-state index in [1.54, 1.807) is 72.9 Å². The number of halogens is 3. The molecule has 4 aromatic carbocycles. The van der Waals surface area contributed by atoms with Crippen molar-refractivity contribution in [3.63, 3.8) is 0 Å². The zero-order chi connectivity index (χ0) is 34.4. The van der Waals surface area contributed by atoms with Crippen molar-refractivity contribution >= 4 is 100 Å². The molecule has 2 N–H and O–H groups in total. The van der Waals surface area contributed by atoms with Crippen molar-refractivity contribution in [2.75, 3.05) is 20.0 Å². The molecule has 0 spiro atoms. The number of esters is 2. The lowest BCUT2D eigenvalue weighted by Crippen LogP contribution is -2.03. The first-order valence-corrected chi connectivity index (χ1v) is 15.0. The molecule has 2 heterocycles. The lowest BCUT2D eigenvalue weighted by atomic mass is 10.1. The van der Waals surface area contributed by atoms with Crippen molar-refractivity contribution in [3.05, 3.63) is 119 Å². The van der Waals surface area contributed by atoms with E-state index >= 15 is 0 Å². The molecular weight excluding hydrogens is 711 g/mol. The molecule has 0 atom stereocenters. The van der Waals surface area contributed by atoms with Crippen LogP contribution in [-0.4, -0.2) is 36.1 Å². The first kappa shape index (κ1) is 34.7. The highest BCUT2D eigenvalue weighted by molar-refractivity contribution is 9.10. The van der Waals surface area contributed by atoms with Crippen LogP contribution < -0.4 is 16.6 Å². The Bertz CT molecular complexity index is 2240. The van der Waals surface area contributed by atoms with Crippen molar-refractivity contribution in [3.8, 4) is 6.07 Å². The van der Waals surface area contributed by atoms with E-state index < -0.39 is 11.9 Å². The summed E-state index contributed by atoms with van der Waals surface area (Å²) in [6.07, 6.45) is 2.95. The van der Waals surface area contributed by atoms with Crippen molar-refractivity contribution < 1.29 is 19.1 Å². The summed E-state index contributed by atoms with van der Waals surface area (Å²) in [5.74, 6) is -1.10. The smallest absolute Gasteiger partial charge is 0.338 e. The quantitative estimate of drug-likeness (QED) is 0.179. The van der Waals surface area contributed by atoms with E-state index in [-0.39, 0.29) is 33.0 Å². The SMILES string of the molecule is CC#N.COC(=O)c1cc2cc(Br)cnc2c(=O)c2ccc(Cl)cc12.COC(=O)c1cc2cc(N)cnc2c(=O)c2ccc(Cl)cc12. The number of carbonyl (C=O) groups is 2. The standard InChI is InChI=1S/C16H9BrClNO3.C16H11ClN2O3.C2H3N/c1-22-16(21)13-5-8-4-9(17)7-19-14(8)15(20)11-3-2-10(18)6-12(11)13;1-22-16(21)13-5-8-4-10(18)7-19-14(8)15(20)11-3-2-9(17)6-12(11)13;1-2-3/h2-7H,1H3;2-7H,18H2,1H3;1H3. The van der Waals surface area contributed by atoms with Crippen molar-refractivity contribution in [2.24, 2.45) is 0 Å². The third-order valence-corrected chi connectivity index (χ3v) is 7.60. The maximum absolute atomic E-state index is 12.7. The summed E-state index contributed by atoms with van der Waals surface area (Å²) >= 11 is 15.3. The van der Waals surface area contributed by atoms with Gasteiger partial charge >= 0.3 is 11.9 Å². The molecule has 0 aliphatic heterocycles. The predicted molar refractivity (Wildman–Crippen MR) is 187 cm³/mol. The van der Waals surface area contributed by atoms with Crippen LogP contribution in [0.4, 0.5) is 5.69 Å². The van der Waals surface area contributed by atoms with Gasteiger partial charge < -0.3 is 15.2 Å². The molecule has 0 aliphatic carbocycles. The van der Waals surface area contributed by atoms with Crippen molar-refractivity contribution in [1.29, 1.82) is 5.26 Å². The number of rotatable bonds is 2. The second kappa shape index (κ2) is 15.0. The summed E-state index contributed by atoms with van der Waals surface area (Å²) in [6.45, 7) is 1.43. The number of nitrogen functional groups attached to an aromatic ring is 1. The number of anilines is 1. The zero-order valence-electron chi connectivity index (χ0n) is 24.9. The van der Waals surface area contributed by atoms with Gasteiger partial charge in [0.1, 0.15) is 11.0 Å². The van der Waals surface area contributed by atoms with E-state index in [9.17, 15) is 19.2 Å². The maximum Gasteiger partial charge on any atom is 0.338 e. The van der Waals surface area contributed by atoms with Gasteiger partial charge in [-0.15, -0.1) is 0 Å². The lowest BCUT2D eigenvalue weighted by molar-refractivity contribution is 0.0594. The van der Waals surface area contributed by atoms with Crippen LogP contribution in [0.2, 0.25) is 10.0 Å². The molecule has 6 rings (SSSR count). The summed E-state index contributed by atoms with van der Waals surface area (Å²) in [5.41, 5.74) is 6.59. The fourth-order valence-corrected chi connectivity index (χ4v) is 5.40. The van der Waals surface area contributed by atoms with Crippen molar-refractivity contribution in [1.82, 2.24) is 9.97 Å². The molecule has 236 valence electrons. The monoisotopic (exact) mass is 732 g/mol. The Labute approximate surface area is 285 Å². The summed E-state index contributed by atoms with van der Waals surface area (Å²) in [4.78, 5) is 57.9. The normalized spacial score (nSPS) is 10.3. The molecule has 0 bridgehead atoms. The number of hydrogen-bond donors (Lipinski definition) is 1. The Hall–Kier alpha value is -5.15. The average Bonchev–Trinajstić information content (AvgIpc) is 3.24. The van der Waals surface area contributed by atoms with Crippen molar-refractivity contribution in [2.45, 2.75) is 6.92 Å². The van der Waals surface area contributed by atoms with Gasteiger partial charge in [0.25, 0.3) is 0 Å². The third-order valence-electron chi connectivity index (χ3n) is 6.70. The van der Waals surface area contributed by atoms with Gasteiger partial charge in [-0.1, -0.05) is 23.2 Å². The molecule has 47 heavy (non-hydrogen) atoms. The van der Waals surface area contributed by atoms with Gasteiger partial charge in [-0.05, 0) is 76.6 Å². The summed E-state index contributed by atoms with van der Waals surface area (Å²) in [7, 11) is 2.57. The number of methoxy groups -OCH3 is 2. The Balaban J connectivity index is 0.000000197. The second-order valence-electron chi connectivity index (χ2n) is 9.66. The van der Waals surface area contributed by atoms with Crippen LogP contribution in [0.3, 0.4) is 0 Å². The van der Waals surface area contributed by atoms with Crippen LogP contribution in [0, 0.1) is 11.3 Å². The fourth-order valence-electron chi connectivity index (χ4n) is 4.71. The van der Waals surface area contributed by atoms with E-state index in [0.29, 0.717) is 52.5 Å².